The van der Waals surface area contributed by atoms with Gasteiger partial charge in [0.05, 0.1) is 12.1 Å². The van der Waals surface area contributed by atoms with E-state index in [1.807, 2.05) is 0 Å². The first kappa shape index (κ1) is 15.9. The first-order chi connectivity index (χ1) is 8.39. The Hall–Kier alpha value is -0.160. The van der Waals surface area contributed by atoms with Crippen LogP contribution in [0.3, 0.4) is 0 Å². The van der Waals surface area contributed by atoms with Gasteiger partial charge in [-0.15, -0.1) is 0 Å². The lowest BCUT2D eigenvalue weighted by atomic mass is 9.83. The summed E-state index contributed by atoms with van der Waals surface area (Å²) in [5.74, 6) is 0.491. The van der Waals surface area contributed by atoms with Gasteiger partial charge in [-0.1, -0.05) is 13.8 Å². The lowest BCUT2D eigenvalue weighted by Gasteiger charge is -2.53. The van der Waals surface area contributed by atoms with E-state index in [-0.39, 0.29) is 5.54 Å². The minimum absolute atomic E-state index is 0.0292. The van der Waals surface area contributed by atoms with Crippen LogP contribution in [0.1, 0.15) is 27.7 Å². The average Bonchev–Trinajstić information content (AvgIpc) is 2.32. The number of piperazine rings is 1. The Morgan fingerprint density at radius 1 is 1.28 bits per heavy atom. The van der Waals surface area contributed by atoms with Crippen LogP contribution in [0.15, 0.2) is 0 Å². The molecule has 0 radical (unpaired) electrons. The predicted octanol–water partition coefficient (Wildman–Crippen LogP) is 1.01. The molecule has 1 aliphatic rings. The van der Waals surface area contributed by atoms with E-state index < -0.39 is 0 Å². The highest BCUT2D eigenvalue weighted by Crippen LogP contribution is 2.28. The molecule has 3 unspecified atom stereocenters. The minimum Gasteiger partial charge on any atom is -0.383 e. The number of nitrogens with two attached hydrogens (primary N) is 1. The molecule has 0 aromatic rings. The van der Waals surface area contributed by atoms with Crippen LogP contribution in [0.2, 0.25) is 0 Å². The van der Waals surface area contributed by atoms with Crippen LogP contribution in [-0.4, -0.2) is 67.8 Å². The zero-order chi connectivity index (χ0) is 13.9. The number of rotatable bonds is 5. The van der Waals surface area contributed by atoms with Crippen molar-refractivity contribution in [2.45, 2.75) is 45.3 Å². The van der Waals surface area contributed by atoms with Crippen LogP contribution >= 0.6 is 0 Å². The topological polar surface area (TPSA) is 41.7 Å². The number of hydrogen-bond acceptors (Lipinski definition) is 4. The highest BCUT2D eigenvalue weighted by Gasteiger charge is 2.42. The van der Waals surface area contributed by atoms with Gasteiger partial charge in [-0.05, 0) is 26.8 Å². The third-order valence-electron chi connectivity index (χ3n) is 4.81. The summed E-state index contributed by atoms with van der Waals surface area (Å²) < 4.78 is 5.47. The van der Waals surface area contributed by atoms with Gasteiger partial charge < -0.3 is 10.5 Å². The molecule has 0 aliphatic carbocycles. The van der Waals surface area contributed by atoms with Crippen molar-refractivity contribution in [3.8, 4) is 0 Å². The fourth-order valence-corrected chi connectivity index (χ4v) is 3.06. The first-order valence-electron chi connectivity index (χ1n) is 7.05. The van der Waals surface area contributed by atoms with E-state index in [9.17, 15) is 0 Å². The van der Waals surface area contributed by atoms with E-state index in [0.29, 0.717) is 31.2 Å². The molecule has 0 spiro atoms. The number of methoxy groups -OCH3 is 1. The van der Waals surface area contributed by atoms with Crippen molar-refractivity contribution in [1.29, 1.82) is 0 Å². The Balaban J connectivity index is 2.92. The van der Waals surface area contributed by atoms with E-state index in [4.69, 9.17) is 10.5 Å². The number of nitrogens with zero attached hydrogens (tertiary/aromatic N) is 2. The Kier molecular flexibility index (Phi) is 5.59. The van der Waals surface area contributed by atoms with Crippen LogP contribution in [0.5, 0.6) is 0 Å². The second-order valence-electron chi connectivity index (χ2n) is 6.16. The Bertz CT molecular complexity index is 247. The molecule has 108 valence electrons. The number of likely N-dealkylation sites (N-methyl/N-ethyl adjacent to an activating group) is 1. The Labute approximate surface area is 112 Å². The third-order valence-corrected chi connectivity index (χ3v) is 4.81. The minimum atomic E-state index is -0.0292. The van der Waals surface area contributed by atoms with Gasteiger partial charge in [-0.2, -0.15) is 0 Å². The number of hydrogen-bond donors (Lipinski definition) is 1. The molecular weight excluding hydrogens is 226 g/mol. The first-order valence-corrected chi connectivity index (χ1v) is 7.05. The predicted molar refractivity (Wildman–Crippen MR) is 76.8 cm³/mol. The molecule has 2 N–H and O–H groups in total. The zero-order valence-corrected chi connectivity index (χ0v) is 12.9. The van der Waals surface area contributed by atoms with Gasteiger partial charge in [0.25, 0.3) is 0 Å². The SMILES string of the molecule is COCC(CN)(C(C)C)N1CC(C)N(C)C(C)C1. The van der Waals surface area contributed by atoms with Crippen molar-refractivity contribution in [2.75, 3.05) is 40.4 Å². The van der Waals surface area contributed by atoms with Crippen LogP contribution in [-0.2, 0) is 4.74 Å². The lowest BCUT2D eigenvalue weighted by Crippen LogP contribution is -2.67. The fourth-order valence-electron chi connectivity index (χ4n) is 3.06. The largest absolute Gasteiger partial charge is 0.383 e. The van der Waals surface area contributed by atoms with Crippen molar-refractivity contribution < 1.29 is 4.74 Å². The fraction of sp³-hybridized carbons (Fsp3) is 1.00. The molecule has 4 nitrogen and oxygen atoms in total. The third kappa shape index (κ3) is 2.87. The summed E-state index contributed by atoms with van der Waals surface area (Å²) in [7, 11) is 3.98. The molecule has 4 heteroatoms. The summed E-state index contributed by atoms with van der Waals surface area (Å²) in [6.07, 6.45) is 0. The van der Waals surface area contributed by atoms with E-state index in [1.54, 1.807) is 7.11 Å². The zero-order valence-electron chi connectivity index (χ0n) is 12.9. The molecular formula is C14H31N3O. The molecule has 0 amide bonds. The van der Waals surface area contributed by atoms with E-state index in [0.717, 1.165) is 13.1 Å². The second kappa shape index (κ2) is 6.33. The normalized spacial score (nSPS) is 30.7. The second-order valence-corrected chi connectivity index (χ2v) is 6.16. The maximum Gasteiger partial charge on any atom is 0.0661 e. The van der Waals surface area contributed by atoms with Gasteiger partial charge >= 0.3 is 0 Å². The molecule has 18 heavy (non-hydrogen) atoms. The van der Waals surface area contributed by atoms with Crippen molar-refractivity contribution >= 4 is 0 Å². The molecule has 1 fully saturated rings. The molecule has 0 aromatic carbocycles. The van der Waals surface area contributed by atoms with E-state index in [1.165, 1.54) is 0 Å². The standard InChI is InChI=1S/C14H31N3O/c1-11(2)14(9-15,10-18-6)17-7-12(3)16(5)13(4)8-17/h11-13H,7-10,15H2,1-6H3. The summed E-state index contributed by atoms with van der Waals surface area (Å²) in [6.45, 7) is 12.6. The lowest BCUT2D eigenvalue weighted by molar-refractivity contribution is -0.0643. The summed E-state index contributed by atoms with van der Waals surface area (Å²) in [6, 6.07) is 1.13. The van der Waals surface area contributed by atoms with Gasteiger partial charge in [-0.3, -0.25) is 9.80 Å². The molecule has 1 aliphatic heterocycles. The Morgan fingerprint density at radius 2 is 1.78 bits per heavy atom. The van der Waals surface area contributed by atoms with Crippen molar-refractivity contribution in [3.63, 3.8) is 0 Å². The molecule has 1 rings (SSSR count). The monoisotopic (exact) mass is 257 g/mol. The molecule has 0 aromatic heterocycles. The molecule has 0 saturated carbocycles. The van der Waals surface area contributed by atoms with Crippen molar-refractivity contribution in [3.05, 3.63) is 0 Å². The molecule has 3 atom stereocenters. The van der Waals surface area contributed by atoms with Crippen LogP contribution < -0.4 is 5.73 Å². The Morgan fingerprint density at radius 3 is 2.11 bits per heavy atom. The van der Waals surface area contributed by atoms with E-state index >= 15 is 0 Å². The average molecular weight is 257 g/mol. The highest BCUT2D eigenvalue weighted by atomic mass is 16.5. The summed E-state index contributed by atoms with van der Waals surface area (Å²) in [4.78, 5) is 5.00. The maximum absolute atomic E-state index is 6.12. The smallest absolute Gasteiger partial charge is 0.0661 e. The van der Waals surface area contributed by atoms with Gasteiger partial charge in [0, 0.05) is 38.8 Å². The van der Waals surface area contributed by atoms with Crippen LogP contribution in [0.25, 0.3) is 0 Å². The molecule has 1 saturated heterocycles. The number of ether oxygens (including phenoxy) is 1. The summed E-state index contributed by atoms with van der Waals surface area (Å²) >= 11 is 0. The van der Waals surface area contributed by atoms with Crippen LogP contribution in [0.4, 0.5) is 0 Å². The van der Waals surface area contributed by atoms with Gasteiger partial charge in [0.1, 0.15) is 0 Å². The quantitative estimate of drug-likeness (QED) is 0.798. The van der Waals surface area contributed by atoms with Gasteiger partial charge in [0.15, 0.2) is 0 Å². The molecule has 1 heterocycles. The summed E-state index contributed by atoms with van der Waals surface area (Å²) in [5, 5.41) is 0. The van der Waals surface area contributed by atoms with Crippen LogP contribution in [0, 0.1) is 5.92 Å². The summed E-state index contributed by atoms with van der Waals surface area (Å²) in [5.41, 5.74) is 6.09. The van der Waals surface area contributed by atoms with Crippen molar-refractivity contribution in [2.24, 2.45) is 11.7 Å². The van der Waals surface area contributed by atoms with Gasteiger partial charge in [-0.25, -0.2) is 0 Å². The molecule has 0 bridgehead atoms. The van der Waals surface area contributed by atoms with Gasteiger partial charge in [0.2, 0.25) is 0 Å². The highest BCUT2D eigenvalue weighted by molar-refractivity contribution is 4.99. The maximum atomic E-state index is 6.12. The van der Waals surface area contributed by atoms with Crippen molar-refractivity contribution in [1.82, 2.24) is 9.80 Å². The van der Waals surface area contributed by atoms with E-state index in [2.05, 4.69) is 44.5 Å².